The van der Waals surface area contributed by atoms with E-state index in [1.54, 1.807) is 17.9 Å². The summed E-state index contributed by atoms with van der Waals surface area (Å²) in [6, 6.07) is 12.6. The molecule has 1 aromatic carbocycles. The quantitative estimate of drug-likeness (QED) is 0.848. The maximum Gasteiger partial charge on any atom is 0.274 e. The lowest BCUT2D eigenvalue weighted by Gasteiger charge is -2.27. The van der Waals surface area contributed by atoms with Crippen LogP contribution < -0.4 is 0 Å². The van der Waals surface area contributed by atoms with Gasteiger partial charge in [0.15, 0.2) is 0 Å². The normalized spacial score (nSPS) is 23.6. The third kappa shape index (κ3) is 3.22. The van der Waals surface area contributed by atoms with Crippen LogP contribution in [0.3, 0.4) is 0 Å². The summed E-state index contributed by atoms with van der Waals surface area (Å²) in [4.78, 5) is 14.9. The maximum atomic E-state index is 13.0. The van der Waals surface area contributed by atoms with Crippen molar-refractivity contribution in [2.24, 2.45) is 0 Å². The van der Waals surface area contributed by atoms with Gasteiger partial charge < -0.3 is 9.64 Å². The first-order valence-corrected chi connectivity index (χ1v) is 8.51. The fourth-order valence-corrected chi connectivity index (χ4v) is 3.69. The summed E-state index contributed by atoms with van der Waals surface area (Å²) in [6.07, 6.45) is 2.83. The molecule has 0 radical (unpaired) electrons. The summed E-state index contributed by atoms with van der Waals surface area (Å²) in [5.41, 5.74) is 1.82. The molecule has 1 aliphatic rings. The van der Waals surface area contributed by atoms with Crippen LogP contribution in [0.25, 0.3) is 0 Å². The molecule has 0 bridgehead atoms. The van der Waals surface area contributed by atoms with Crippen molar-refractivity contribution in [1.82, 2.24) is 14.7 Å². The second-order valence-electron chi connectivity index (χ2n) is 6.51. The molecule has 2 heterocycles. The predicted molar refractivity (Wildman–Crippen MR) is 93.0 cm³/mol. The molecule has 24 heavy (non-hydrogen) atoms. The highest BCUT2D eigenvalue weighted by Crippen LogP contribution is 2.37. The van der Waals surface area contributed by atoms with E-state index in [0.717, 1.165) is 6.42 Å². The van der Waals surface area contributed by atoms with Gasteiger partial charge in [0.2, 0.25) is 0 Å². The summed E-state index contributed by atoms with van der Waals surface area (Å²) < 4.78 is 6.82. The Balaban J connectivity index is 1.76. The topological polar surface area (TPSA) is 47.4 Å². The second-order valence-corrected chi connectivity index (χ2v) is 6.51. The van der Waals surface area contributed by atoms with Gasteiger partial charge in [-0.25, -0.2) is 0 Å². The molecular weight excluding hydrogens is 302 g/mol. The lowest BCUT2D eigenvalue weighted by Crippen LogP contribution is -2.39. The molecule has 0 aliphatic carbocycles. The summed E-state index contributed by atoms with van der Waals surface area (Å²) in [7, 11) is 1.66. The Labute approximate surface area is 143 Å². The van der Waals surface area contributed by atoms with Crippen LogP contribution in [-0.4, -0.2) is 46.4 Å². The van der Waals surface area contributed by atoms with Crippen molar-refractivity contribution in [1.29, 1.82) is 0 Å². The highest BCUT2D eigenvalue weighted by atomic mass is 16.5. The molecule has 1 aliphatic heterocycles. The van der Waals surface area contributed by atoms with Crippen molar-refractivity contribution >= 4 is 5.91 Å². The molecule has 128 valence electrons. The predicted octanol–water partition coefficient (Wildman–Crippen LogP) is 2.94. The van der Waals surface area contributed by atoms with Gasteiger partial charge >= 0.3 is 0 Å². The number of aromatic nitrogens is 2. The van der Waals surface area contributed by atoms with Crippen LogP contribution in [0.15, 0.2) is 42.6 Å². The molecular formula is C19H25N3O2. The van der Waals surface area contributed by atoms with Crippen molar-refractivity contribution in [3.63, 3.8) is 0 Å². The van der Waals surface area contributed by atoms with Crippen LogP contribution in [0.5, 0.6) is 0 Å². The maximum absolute atomic E-state index is 13.0. The Morgan fingerprint density at radius 2 is 2.00 bits per heavy atom. The van der Waals surface area contributed by atoms with Gasteiger partial charge in [-0.05, 0) is 31.9 Å². The van der Waals surface area contributed by atoms with Gasteiger partial charge in [0.25, 0.3) is 5.91 Å². The lowest BCUT2D eigenvalue weighted by molar-refractivity contribution is 0.0680. The monoisotopic (exact) mass is 327 g/mol. The molecule has 1 aromatic heterocycles. The third-order valence-electron chi connectivity index (χ3n) is 4.94. The van der Waals surface area contributed by atoms with Gasteiger partial charge in [-0.3, -0.25) is 9.48 Å². The van der Waals surface area contributed by atoms with Crippen LogP contribution in [0.1, 0.15) is 42.2 Å². The zero-order valence-corrected chi connectivity index (χ0v) is 14.6. The molecule has 5 heteroatoms. The zero-order chi connectivity index (χ0) is 17.1. The lowest BCUT2D eigenvalue weighted by atomic mass is 9.92. The Morgan fingerprint density at radius 1 is 1.25 bits per heavy atom. The zero-order valence-electron chi connectivity index (χ0n) is 14.6. The third-order valence-corrected chi connectivity index (χ3v) is 4.94. The van der Waals surface area contributed by atoms with E-state index in [4.69, 9.17) is 4.74 Å². The summed E-state index contributed by atoms with van der Waals surface area (Å²) in [5.74, 6) is 0.394. The number of rotatable bonds is 5. The van der Waals surface area contributed by atoms with E-state index in [2.05, 4.69) is 43.2 Å². The molecule has 0 spiro atoms. The standard InChI is InChI=1S/C19H25N3O2/c1-14-13-17(16-7-5-4-6-8-16)15(2)22(14)19(23)18-9-10-21(20-18)11-12-24-3/h4-10,14-15,17H,11-13H2,1-3H3/t14-,15-,17+/m1/s1. The molecule has 1 amide bonds. The molecule has 0 N–H and O–H groups in total. The summed E-state index contributed by atoms with van der Waals surface area (Å²) >= 11 is 0. The van der Waals surface area contributed by atoms with E-state index in [1.165, 1.54) is 5.56 Å². The van der Waals surface area contributed by atoms with Gasteiger partial charge in [0.05, 0.1) is 13.2 Å². The molecule has 2 aromatic rings. The van der Waals surface area contributed by atoms with E-state index in [9.17, 15) is 4.79 Å². The molecule has 1 fully saturated rings. The first-order valence-electron chi connectivity index (χ1n) is 8.51. The van der Waals surface area contributed by atoms with E-state index in [0.29, 0.717) is 24.8 Å². The Hall–Kier alpha value is -2.14. The Morgan fingerprint density at radius 3 is 2.71 bits per heavy atom. The van der Waals surface area contributed by atoms with E-state index in [-0.39, 0.29) is 18.0 Å². The number of ether oxygens (including phenoxy) is 1. The molecule has 3 rings (SSSR count). The van der Waals surface area contributed by atoms with Crippen molar-refractivity contribution < 1.29 is 9.53 Å². The fraction of sp³-hybridized carbons (Fsp3) is 0.474. The number of likely N-dealkylation sites (tertiary alicyclic amines) is 1. The van der Waals surface area contributed by atoms with E-state index < -0.39 is 0 Å². The second kappa shape index (κ2) is 7.18. The van der Waals surface area contributed by atoms with Crippen molar-refractivity contribution in [3.05, 3.63) is 53.9 Å². The molecule has 5 nitrogen and oxygen atoms in total. The molecule has 3 atom stereocenters. The van der Waals surface area contributed by atoms with Gasteiger partial charge in [-0.1, -0.05) is 30.3 Å². The highest BCUT2D eigenvalue weighted by molar-refractivity contribution is 5.93. The Bertz CT molecular complexity index is 683. The molecule has 1 saturated heterocycles. The molecule has 0 saturated carbocycles. The number of amides is 1. The Kier molecular flexibility index (Phi) is 5.00. The number of benzene rings is 1. The number of carbonyl (C=O) groups excluding carboxylic acids is 1. The smallest absolute Gasteiger partial charge is 0.274 e. The van der Waals surface area contributed by atoms with Gasteiger partial charge in [0, 0.05) is 31.3 Å². The van der Waals surface area contributed by atoms with Crippen LogP contribution in [0.4, 0.5) is 0 Å². The summed E-state index contributed by atoms with van der Waals surface area (Å²) in [5, 5.41) is 4.40. The average Bonchev–Trinajstić information content (AvgIpc) is 3.18. The van der Waals surface area contributed by atoms with Crippen LogP contribution in [0, 0.1) is 0 Å². The largest absolute Gasteiger partial charge is 0.383 e. The first kappa shape index (κ1) is 16.7. The van der Waals surface area contributed by atoms with Crippen molar-refractivity contribution in [3.8, 4) is 0 Å². The van der Waals surface area contributed by atoms with Crippen molar-refractivity contribution in [2.75, 3.05) is 13.7 Å². The van der Waals surface area contributed by atoms with Gasteiger partial charge in [-0.2, -0.15) is 5.10 Å². The minimum atomic E-state index is 0.0181. The van der Waals surface area contributed by atoms with Crippen LogP contribution in [0.2, 0.25) is 0 Å². The minimum absolute atomic E-state index is 0.0181. The average molecular weight is 327 g/mol. The van der Waals surface area contributed by atoms with E-state index in [1.807, 2.05) is 17.2 Å². The molecule has 0 unspecified atom stereocenters. The van der Waals surface area contributed by atoms with E-state index >= 15 is 0 Å². The van der Waals surface area contributed by atoms with Crippen LogP contribution in [-0.2, 0) is 11.3 Å². The minimum Gasteiger partial charge on any atom is -0.383 e. The van der Waals surface area contributed by atoms with Crippen molar-refractivity contribution in [2.45, 2.75) is 44.8 Å². The number of nitrogens with zero attached hydrogens (tertiary/aromatic N) is 3. The number of carbonyl (C=O) groups is 1. The fourth-order valence-electron chi connectivity index (χ4n) is 3.69. The first-order chi connectivity index (χ1) is 11.6. The number of hydrogen-bond acceptors (Lipinski definition) is 3. The SMILES string of the molecule is COCCn1ccc(C(=O)N2[C@H](C)C[C@H](c3ccccc3)[C@H]2C)n1. The number of methoxy groups -OCH3 is 1. The van der Waals surface area contributed by atoms with Gasteiger partial charge in [-0.15, -0.1) is 0 Å². The summed E-state index contributed by atoms with van der Waals surface area (Å²) in [6.45, 7) is 5.50. The highest BCUT2D eigenvalue weighted by Gasteiger charge is 2.40. The van der Waals surface area contributed by atoms with Crippen LogP contribution >= 0.6 is 0 Å². The van der Waals surface area contributed by atoms with Gasteiger partial charge in [0.1, 0.15) is 5.69 Å². The number of hydrogen-bond donors (Lipinski definition) is 0.